The topological polar surface area (TPSA) is 72.9 Å². The zero-order valence-corrected chi connectivity index (χ0v) is 24.2. The maximum atomic E-state index is 14.1. The third kappa shape index (κ3) is 6.05. The summed E-state index contributed by atoms with van der Waals surface area (Å²) in [6, 6.07) is 29.1. The average molecular weight is 592 g/mol. The Balaban J connectivity index is 1.49. The van der Waals surface area contributed by atoms with E-state index in [2.05, 4.69) is 0 Å². The molecule has 4 aromatic carbocycles. The van der Waals surface area contributed by atoms with E-state index in [1.165, 1.54) is 17.3 Å². The molecular formula is C31H26ClNO5S2. The van der Waals surface area contributed by atoms with Gasteiger partial charge in [-0.25, -0.2) is 8.42 Å². The molecule has 0 aliphatic carbocycles. The molecule has 0 N–H and O–H groups in total. The number of nitrogens with zero attached hydrogens (tertiary/aromatic N) is 1. The predicted molar refractivity (Wildman–Crippen MR) is 159 cm³/mol. The Morgan fingerprint density at radius 2 is 1.55 bits per heavy atom. The van der Waals surface area contributed by atoms with E-state index in [0.29, 0.717) is 17.1 Å². The SMILES string of the molecule is COc1ccc(CN(Cc2cccc3ccccc23)S(=O)(=O)c2cc(Cl)c(Oc3ccc(C(C)=O)cc3)s2)cc1. The number of methoxy groups -OCH3 is 1. The maximum absolute atomic E-state index is 14.1. The second kappa shape index (κ2) is 11.8. The molecule has 1 aromatic heterocycles. The zero-order valence-electron chi connectivity index (χ0n) is 21.8. The van der Waals surface area contributed by atoms with E-state index in [0.717, 1.165) is 33.2 Å². The number of ether oxygens (including phenoxy) is 2. The summed E-state index contributed by atoms with van der Waals surface area (Å²) in [7, 11) is -2.39. The summed E-state index contributed by atoms with van der Waals surface area (Å²) in [5, 5.41) is 2.47. The van der Waals surface area contributed by atoms with Crippen molar-refractivity contribution in [3.8, 4) is 16.6 Å². The third-order valence-electron chi connectivity index (χ3n) is 6.44. The van der Waals surface area contributed by atoms with Crippen LogP contribution in [0.25, 0.3) is 10.8 Å². The van der Waals surface area contributed by atoms with Crippen molar-refractivity contribution in [3.63, 3.8) is 0 Å². The van der Waals surface area contributed by atoms with Crippen molar-refractivity contribution in [1.29, 1.82) is 0 Å². The van der Waals surface area contributed by atoms with E-state index in [1.54, 1.807) is 31.4 Å². The molecule has 0 saturated carbocycles. The lowest BCUT2D eigenvalue weighted by molar-refractivity contribution is 0.101. The molecule has 40 heavy (non-hydrogen) atoms. The molecule has 0 aliphatic rings. The Bertz CT molecular complexity index is 1760. The van der Waals surface area contributed by atoms with Gasteiger partial charge in [-0.15, -0.1) is 0 Å². The number of rotatable bonds is 10. The zero-order chi connectivity index (χ0) is 28.3. The Labute approximate surface area is 242 Å². The van der Waals surface area contributed by atoms with Gasteiger partial charge in [0.05, 0.1) is 12.1 Å². The molecule has 0 bridgehead atoms. The lowest BCUT2D eigenvalue weighted by Crippen LogP contribution is -2.29. The van der Waals surface area contributed by atoms with Gasteiger partial charge in [-0.05, 0) is 71.3 Å². The minimum atomic E-state index is -3.98. The molecule has 5 rings (SSSR count). The number of thiophene rings is 1. The molecule has 5 aromatic rings. The summed E-state index contributed by atoms with van der Waals surface area (Å²) < 4.78 is 40.9. The Kier molecular flexibility index (Phi) is 8.23. The minimum absolute atomic E-state index is 0.0581. The van der Waals surface area contributed by atoms with Gasteiger partial charge in [0, 0.05) is 18.7 Å². The highest BCUT2D eigenvalue weighted by Crippen LogP contribution is 2.41. The first-order chi connectivity index (χ1) is 19.2. The first kappa shape index (κ1) is 27.9. The van der Waals surface area contributed by atoms with Gasteiger partial charge in [0.1, 0.15) is 15.7 Å². The number of sulfonamides is 1. The highest BCUT2D eigenvalue weighted by molar-refractivity contribution is 7.91. The first-order valence-electron chi connectivity index (χ1n) is 12.4. The lowest BCUT2D eigenvalue weighted by atomic mass is 10.0. The summed E-state index contributed by atoms with van der Waals surface area (Å²) >= 11 is 7.41. The van der Waals surface area contributed by atoms with Crippen LogP contribution in [0.3, 0.4) is 0 Å². The smallest absolute Gasteiger partial charge is 0.253 e. The second-order valence-electron chi connectivity index (χ2n) is 9.14. The number of Topliss-reactive ketones (excluding diaryl/α,β-unsaturated/α-hetero) is 1. The van der Waals surface area contributed by atoms with Crippen LogP contribution in [0.1, 0.15) is 28.4 Å². The van der Waals surface area contributed by atoms with Crippen molar-refractivity contribution in [2.24, 2.45) is 0 Å². The number of benzene rings is 4. The van der Waals surface area contributed by atoms with E-state index < -0.39 is 10.0 Å². The van der Waals surface area contributed by atoms with E-state index in [1.807, 2.05) is 66.7 Å². The lowest BCUT2D eigenvalue weighted by Gasteiger charge is -2.22. The van der Waals surface area contributed by atoms with E-state index in [-0.39, 0.29) is 33.2 Å². The monoisotopic (exact) mass is 591 g/mol. The summed E-state index contributed by atoms with van der Waals surface area (Å²) in [6.07, 6.45) is 0. The van der Waals surface area contributed by atoms with Crippen molar-refractivity contribution in [2.75, 3.05) is 7.11 Å². The molecule has 1 heterocycles. The first-order valence-corrected chi connectivity index (χ1v) is 15.1. The van der Waals surface area contributed by atoms with Gasteiger partial charge < -0.3 is 9.47 Å². The summed E-state index contributed by atoms with van der Waals surface area (Å²) in [5.74, 6) is 1.08. The number of halogens is 1. The highest BCUT2D eigenvalue weighted by Gasteiger charge is 2.29. The number of carbonyl (C=O) groups is 1. The van der Waals surface area contributed by atoms with Crippen molar-refractivity contribution in [1.82, 2.24) is 4.31 Å². The van der Waals surface area contributed by atoms with E-state index in [4.69, 9.17) is 21.1 Å². The van der Waals surface area contributed by atoms with Crippen molar-refractivity contribution < 1.29 is 22.7 Å². The van der Waals surface area contributed by atoms with Crippen LogP contribution in [0.5, 0.6) is 16.6 Å². The number of fused-ring (bicyclic) bond motifs is 1. The van der Waals surface area contributed by atoms with Gasteiger partial charge in [-0.2, -0.15) is 4.31 Å². The Hall–Kier alpha value is -3.69. The molecule has 0 amide bonds. The van der Waals surface area contributed by atoms with Crippen LogP contribution in [-0.2, 0) is 23.1 Å². The average Bonchev–Trinajstić information content (AvgIpc) is 3.34. The van der Waals surface area contributed by atoms with Crippen LogP contribution in [0, 0.1) is 0 Å². The van der Waals surface area contributed by atoms with Crippen LogP contribution < -0.4 is 9.47 Å². The van der Waals surface area contributed by atoms with Crippen LogP contribution >= 0.6 is 22.9 Å². The largest absolute Gasteiger partial charge is 0.497 e. The summed E-state index contributed by atoms with van der Waals surface area (Å²) in [6.45, 7) is 1.79. The molecule has 0 saturated heterocycles. The van der Waals surface area contributed by atoms with Crippen molar-refractivity contribution in [3.05, 3.63) is 119 Å². The molecule has 0 atom stereocenters. The highest BCUT2D eigenvalue weighted by atomic mass is 35.5. The number of hydrogen-bond donors (Lipinski definition) is 0. The molecule has 204 valence electrons. The quantitative estimate of drug-likeness (QED) is 0.154. The fourth-order valence-corrected chi connectivity index (χ4v) is 7.46. The summed E-state index contributed by atoms with van der Waals surface area (Å²) in [5.41, 5.74) is 2.25. The number of hydrogen-bond acceptors (Lipinski definition) is 6. The van der Waals surface area contributed by atoms with Crippen molar-refractivity contribution in [2.45, 2.75) is 24.2 Å². The van der Waals surface area contributed by atoms with Gasteiger partial charge in [0.15, 0.2) is 5.78 Å². The van der Waals surface area contributed by atoms with Crippen molar-refractivity contribution >= 4 is 49.5 Å². The van der Waals surface area contributed by atoms with Crippen LogP contribution in [-0.4, -0.2) is 25.6 Å². The normalized spacial score (nSPS) is 11.6. The van der Waals surface area contributed by atoms with Gasteiger partial charge >= 0.3 is 0 Å². The maximum Gasteiger partial charge on any atom is 0.253 e. The Morgan fingerprint density at radius 3 is 2.25 bits per heavy atom. The molecular weight excluding hydrogens is 566 g/mol. The standard InChI is InChI=1S/C31H26ClNO5S2/c1-21(34)23-12-16-27(17-13-23)38-31-29(32)18-30(39-31)40(35,36)33(19-22-10-14-26(37-2)15-11-22)20-25-8-5-7-24-6-3-4-9-28(24)25/h3-18H,19-20H2,1-2H3. The fourth-order valence-electron chi connectivity index (χ4n) is 4.30. The Morgan fingerprint density at radius 1 is 0.875 bits per heavy atom. The molecule has 0 radical (unpaired) electrons. The van der Waals surface area contributed by atoms with Crippen LogP contribution in [0.4, 0.5) is 0 Å². The van der Waals surface area contributed by atoms with E-state index >= 15 is 0 Å². The second-order valence-corrected chi connectivity index (χ2v) is 12.7. The summed E-state index contributed by atoms with van der Waals surface area (Å²) in [4.78, 5) is 11.6. The van der Waals surface area contributed by atoms with E-state index in [9.17, 15) is 13.2 Å². The van der Waals surface area contributed by atoms with Gasteiger partial charge in [-0.3, -0.25) is 4.79 Å². The number of carbonyl (C=O) groups excluding carboxylic acids is 1. The molecule has 0 spiro atoms. The minimum Gasteiger partial charge on any atom is -0.497 e. The van der Waals surface area contributed by atoms with Crippen LogP contribution in [0.2, 0.25) is 5.02 Å². The third-order valence-corrected chi connectivity index (χ3v) is 10.1. The van der Waals surface area contributed by atoms with Gasteiger partial charge in [0.25, 0.3) is 10.0 Å². The number of ketones is 1. The molecule has 9 heteroatoms. The van der Waals surface area contributed by atoms with Gasteiger partial charge in [-0.1, -0.05) is 77.5 Å². The van der Waals surface area contributed by atoms with Crippen LogP contribution in [0.15, 0.2) is 101 Å². The van der Waals surface area contributed by atoms with Gasteiger partial charge in [0.2, 0.25) is 5.06 Å². The molecule has 0 unspecified atom stereocenters. The fraction of sp³-hybridized carbons (Fsp3) is 0.129. The molecule has 6 nitrogen and oxygen atoms in total. The molecule has 0 aliphatic heterocycles. The predicted octanol–water partition coefficient (Wildman–Crippen LogP) is 7.95. The molecule has 0 fully saturated rings.